The molecule has 2 aromatic rings. The molecule has 5 heteroatoms. The Bertz CT molecular complexity index is 560. The van der Waals surface area contributed by atoms with Crippen molar-refractivity contribution in [3.63, 3.8) is 0 Å². The van der Waals surface area contributed by atoms with Gasteiger partial charge in [0.1, 0.15) is 5.82 Å². The van der Waals surface area contributed by atoms with Crippen LogP contribution in [0.1, 0.15) is 35.4 Å². The Labute approximate surface area is 136 Å². The summed E-state index contributed by atoms with van der Waals surface area (Å²) in [6, 6.07) is 6.69. The Morgan fingerprint density at radius 1 is 1.45 bits per heavy atom. The van der Waals surface area contributed by atoms with Gasteiger partial charge in [0.2, 0.25) is 0 Å². The average molecular weight is 377 g/mol. The minimum Gasteiger partial charge on any atom is -0.305 e. The highest BCUT2D eigenvalue weighted by molar-refractivity contribution is 9.11. The van der Waals surface area contributed by atoms with E-state index in [2.05, 4.69) is 34.2 Å². The van der Waals surface area contributed by atoms with Gasteiger partial charge in [-0.15, -0.1) is 11.3 Å². The van der Waals surface area contributed by atoms with E-state index in [0.717, 1.165) is 27.2 Å². The quantitative estimate of drug-likeness (QED) is 0.705. The van der Waals surface area contributed by atoms with Crippen LogP contribution in [0.3, 0.4) is 0 Å². The highest BCUT2D eigenvalue weighted by Crippen LogP contribution is 2.37. The number of hydrogen-bond acceptors (Lipinski definition) is 2. The van der Waals surface area contributed by atoms with Gasteiger partial charge in [0.25, 0.3) is 0 Å². The Kier molecular flexibility index (Phi) is 5.61. The molecule has 0 saturated heterocycles. The van der Waals surface area contributed by atoms with Crippen LogP contribution in [0, 0.1) is 12.7 Å². The molecular formula is C15H16BrClFNS. The Morgan fingerprint density at radius 3 is 2.75 bits per heavy atom. The minimum atomic E-state index is -0.270. The predicted molar refractivity (Wildman–Crippen MR) is 88.3 cm³/mol. The number of aryl methyl sites for hydroxylation is 1. The third-order valence-electron chi connectivity index (χ3n) is 3.05. The second-order valence-electron chi connectivity index (χ2n) is 4.63. The molecule has 108 valence electrons. The fourth-order valence-electron chi connectivity index (χ4n) is 2.05. The molecule has 1 unspecified atom stereocenters. The van der Waals surface area contributed by atoms with Gasteiger partial charge >= 0.3 is 0 Å². The number of halogens is 3. The summed E-state index contributed by atoms with van der Waals surface area (Å²) in [6.07, 6.45) is 0.980. The van der Waals surface area contributed by atoms with Gasteiger partial charge in [-0.3, -0.25) is 0 Å². The smallest absolute Gasteiger partial charge is 0.129 e. The van der Waals surface area contributed by atoms with Gasteiger partial charge in [-0.2, -0.15) is 0 Å². The summed E-state index contributed by atoms with van der Waals surface area (Å²) in [4.78, 5) is 1.06. The van der Waals surface area contributed by atoms with Crippen LogP contribution in [-0.2, 0) is 0 Å². The summed E-state index contributed by atoms with van der Waals surface area (Å²) in [5.74, 6) is -0.270. The molecule has 0 aliphatic heterocycles. The zero-order valence-corrected chi connectivity index (χ0v) is 14.5. The van der Waals surface area contributed by atoms with Crippen LogP contribution in [0.4, 0.5) is 4.39 Å². The lowest BCUT2D eigenvalue weighted by Crippen LogP contribution is -2.23. The second-order valence-corrected chi connectivity index (χ2v) is 7.44. The number of thiophene rings is 1. The monoisotopic (exact) mass is 375 g/mol. The maximum Gasteiger partial charge on any atom is 0.129 e. The topological polar surface area (TPSA) is 12.0 Å². The number of nitrogens with one attached hydrogen (secondary N) is 1. The molecule has 1 heterocycles. The van der Waals surface area contributed by atoms with Crippen LogP contribution < -0.4 is 5.32 Å². The third kappa shape index (κ3) is 3.42. The lowest BCUT2D eigenvalue weighted by atomic mass is 10.0. The molecule has 0 bridgehead atoms. The molecule has 0 aliphatic carbocycles. The van der Waals surface area contributed by atoms with E-state index in [9.17, 15) is 4.39 Å². The summed E-state index contributed by atoms with van der Waals surface area (Å²) in [7, 11) is 0. The predicted octanol–water partition coefficient (Wildman–Crippen LogP) is 5.70. The van der Waals surface area contributed by atoms with Gasteiger partial charge in [0.15, 0.2) is 0 Å². The van der Waals surface area contributed by atoms with Crippen molar-refractivity contribution in [2.45, 2.75) is 26.3 Å². The lowest BCUT2D eigenvalue weighted by molar-refractivity contribution is 0.551. The largest absolute Gasteiger partial charge is 0.305 e. The first-order chi connectivity index (χ1) is 9.54. The maximum absolute atomic E-state index is 14.2. The Morgan fingerprint density at radius 2 is 2.20 bits per heavy atom. The van der Waals surface area contributed by atoms with Crippen molar-refractivity contribution in [3.05, 3.63) is 54.9 Å². The molecule has 0 spiro atoms. The normalized spacial score (nSPS) is 12.7. The SMILES string of the molecule is CCCNC(c1cc(C)c(Br)s1)c1c(F)cccc1Cl. The molecule has 1 atom stereocenters. The fourth-order valence-corrected chi connectivity index (χ4v) is 3.97. The maximum atomic E-state index is 14.2. The molecule has 1 aromatic carbocycles. The van der Waals surface area contributed by atoms with Crippen molar-refractivity contribution in [2.24, 2.45) is 0 Å². The molecule has 20 heavy (non-hydrogen) atoms. The third-order valence-corrected chi connectivity index (χ3v) is 5.58. The summed E-state index contributed by atoms with van der Waals surface area (Å²) >= 11 is 11.4. The van der Waals surface area contributed by atoms with E-state index in [-0.39, 0.29) is 11.9 Å². The summed E-state index contributed by atoms with van der Waals surface area (Å²) in [5, 5.41) is 3.85. The van der Waals surface area contributed by atoms with Gasteiger partial charge in [-0.05, 0) is 59.6 Å². The van der Waals surface area contributed by atoms with Crippen LogP contribution in [-0.4, -0.2) is 6.54 Å². The van der Waals surface area contributed by atoms with Crippen molar-refractivity contribution in [2.75, 3.05) is 6.54 Å². The van der Waals surface area contributed by atoms with Gasteiger partial charge in [0, 0.05) is 15.5 Å². The molecule has 0 radical (unpaired) electrons. The first kappa shape index (κ1) is 16.0. The van der Waals surface area contributed by atoms with Gasteiger partial charge < -0.3 is 5.32 Å². The number of rotatable bonds is 5. The zero-order chi connectivity index (χ0) is 14.7. The van der Waals surface area contributed by atoms with Crippen molar-refractivity contribution in [1.29, 1.82) is 0 Å². The second kappa shape index (κ2) is 7.03. The zero-order valence-electron chi connectivity index (χ0n) is 11.3. The van der Waals surface area contributed by atoms with E-state index in [4.69, 9.17) is 11.6 Å². The van der Waals surface area contributed by atoms with Crippen LogP contribution in [0.15, 0.2) is 28.1 Å². The van der Waals surface area contributed by atoms with Crippen LogP contribution >= 0.6 is 38.9 Å². The Hall–Kier alpha value is -0.420. The molecule has 1 nitrogen and oxygen atoms in total. The summed E-state index contributed by atoms with van der Waals surface area (Å²) in [5.41, 5.74) is 1.68. The van der Waals surface area contributed by atoms with Crippen molar-refractivity contribution < 1.29 is 4.39 Å². The highest BCUT2D eigenvalue weighted by Gasteiger charge is 2.22. The van der Waals surface area contributed by atoms with Gasteiger partial charge in [-0.1, -0.05) is 24.6 Å². The van der Waals surface area contributed by atoms with E-state index in [1.807, 2.05) is 6.92 Å². The first-order valence-corrected chi connectivity index (χ1v) is 8.46. The molecule has 0 saturated carbocycles. The molecule has 1 aromatic heterocycles. The number of hydrogen-bond donors (Lipinski definition) is 1. The highest BCUT2D eigenvalue weighted by atomic mass is 79.9. The van der Waals surface area contributed by atoms with E-state index in [1.54, 1.807) is 23.5 Å². The standard InChI is InChI=1S/C15H16BrClFNS/c1-3-7-19-14(12-8-9(2)15(16)20-12)13-10(17)5-4-6-11(13)18/h4-6,8,14,19H,3,7H2,1-2H3. The van der Waals surface area contributed by atoms with Crippen LogP contribution in [0.25, 0.3) is 0 Å². The lowest BCUT2D eigenvalue weighted by Gasteiger charge is -2.19. The Balaban J connectivity index is 2.47. The summed E-state index contributed by atoms with van der Waals surface area (Å²) in [6.45, 7) is 4.93. The molecule has 0 fully saturated rings. The summed E-state index contributed by atoms with van der Waals surface area (Å²) < 4.78 is 15.3. The van der Waals surface area contributed by atoms with E-state index < -0.39 is 0 Å². The molecule has 0 amide bonds. The molecular weight excluding hydrogens is 361 g/mol. The van der Waals surface area contributed by atoms with E-state index >= 15 is 0 Å². The fraction of sp³-hybridized carbons (Fsp3) is 0.333. The van der Waals surface area contributed by atoms with Crippen LogP contribution in [0.5, 0.6) is 0 Å². The molecule has 2 rings (SSSR count). The minimum absolute atomic E-state index is 0.210. The van der Waals surface area contributed by atoms with Crippen LogP contribution in [0.2, 0.25) is 5.02 Å². The van der Waals surface area contributed by atoms with Crippen molar-refractivity contribution in [1.82, 2.24) is 5.32 Å². The van der Waals surface area contributed by atoms with E-state index in [0.29, 0.717) is 10.6 Å². The van der Waals surface area contributed by atoms with Crippen molar-refractivity contribution >= 4 is 38.9 Å². The van der Waals surface area contributed by atoms with Crippen molar-refractivity contribution in [3.8, 4) is 0 Å². The molecule has 0 aliphatic rings. The number of benzene rings is 1. The average Bonchev–Trinajstić information content (AvgIpc) is 2.73. The van der Waals surface area contributed by atoms with Gasteiger partial charge in [-0.25, -0.2) is 4.39 Å². The van der Waals surface area contributed by atoms with Gasteiger partial charge in [0.05, 0.1) is 9.83 Å². The first-order valence-electron chi connectivity index (χ1n) is 6.47. The molecule has 1 N–H and O–H groups in total. The van der Waals surface area contributed by atoms with E-state index in [1.165, 1.54) is 6.07 Å².